The molecule has 0 aromatic carbocycles. The summed E-state index contributed by atoms with van der Waals surface area (Å²) in [5.74, 6) is 1.74. The van der Waals surface area contributed by atoms with Gasteiger partial charge in [-0.25, -0.2) is 0 Å². The summed E-state index contributed by atoms with van der Waals surface area (Å²) in [5.41, 5.74) is 6.34. The standard InChI is InChI=1S/C16H28N2O/c1-2-18(13-6-4-3-5-7-13)16(19)14-11-8-9-12(10-11)15(14)17/h11-15H,2-10,17H2,1H3. The molecule has 0 radical (unpaired) electrons. The average Bonchev–Trinajstić information content (AvgIpc) is 3.01. The molecule has 0 aromatic heterocycles. The third kappa shape index (κ3) is 2.31. The van der Waals surface area contributed by atoms with Crippen molar-refractivity contribution in [2.24, 2.45) is 23.5 Å². The number of rotatable bonds is 3. The van der Waals surface area contributed by atoms with Gasteiger partial charge in [0.05, 0.1) is 5.92 Å². The molecular weight excluding hydrogens is 236 g/mol. The number of fused-ring (bicyclic) bond motifs is 2. The quantitative estimate of drug-likeness (QED) is 0.851. The molecule has 3 aliphatic carbocycles. The highest BCUT2D eigenvalue weighted by Crippen LogP contribution is 2.48. The second-order valence-electron chi connectivity index (χ2n) is 6.85. The Labute approximate surface area is 116 Å². The predicted octanol–water partition coefficient (Wildman–Crippen LogP) is 2.54. The van der Waals surface area contributed by atoms with E-state index in [1.54, 1.807) is 0 Å². The summed E-state index contributed by atoms with van der Waals surface area (Å²) in [7, 11) is 0. The Hall–Kier alpha value is -0.570. The monoisotopic (exact) mass is 264 g/mol. The van der Waals surface area contributed by atoms with Gasteiger partial charge in [-0.15, -0.1) is 0 Å². The Morgan fingerprint density at radius 1 is 1.11 bits per heavy atom. The van der Waals surface area contributed by atoms with Gasteiger partial charge in [-0.1, -0.05) is 19.3 Å². The number of carbonyl (C=O) groups excluding carboxylic acids is 1. The number of carbonyl (C=O) groups is 1. The third-order valence-electron chi connectivity index (χ3n) is 5.91. The van der Waals surface area contributed by atoms with Gasteiger partial charge < -0.3 is 10.6 Å². The molecule has 3 aliphatic rings. The Kier molecular flexibility index (Phi) is 3.84. The van der Waals surface area contributed by atoms with Gasteiger partial charge in [0.1, 0.15) is 0 Å². The SMILES string of the molecule is CCN(C(=O)C1C2CCC(C2)C1N)C1CCCCC1. The fourth-order valence-electron chi connectivity index (χ4n) is 4.88. The third-order valence-corrected chi connectivity index (χ3v) is 5.91. The van der Waals surface area contributed by atoms with Crippen LogP contribution in [0.2, 0.25) is 0 Å². The van der Waals surface area contributed by atoms with Crippen molar-refractivity contribution in [3.05, 3.63) is 0 Å². The molecule has 3 saturated carbocycles. The second kappa shape index (κ2) is 5.43. The lowest BCUT2D eigenvalue weighted by Crippen LogP contribution is -2.50. The van der Waals surface area contributed by atoms with Crippen molar-refractivity contribution in [1.82, 2.24) is 4.90 Å². The molecule has 19 heavy (non-hydrogen) atoms. The molecule has 2 N–H and O–H groups in total. The first-order chi connectivity index (χ1) is 9.22. The Morgan fingerprint density at radius 3 is 2.37 bits per heavy atom. The van der Waals surface area contributed by atoms with Gasteiger partial charge in [-0.05, 0) is 50.9 Å². The molecule has 4 atom stereocenters. The molecule has 1 amide bonds. The average molecular weight is 264 g/mol. The second-order valence-corrected chi connectivity index (χ2v) is 6.85. The van der Waals surface area contributed by atoms with Crippen molar-refractivity contribution in [1.29, 1.82) is 0 Å². The lowest BCUT2D eigenvalue weighted by atomic mass is 9.83. The first-order valence-electron chi connectivity index (χ1n) is 8.28. The van der Waals surface area contributed by atoms with Crippen LogP contribution in [0, 0.1) is 17.8 Å². The Morgan fingerprint density at radius 2 is 1.79 bits per heavy atom. The molecule has 2 bridgehead atoms. The van der Waals surface area contributed by atoms with Crippen LogP contribution < -0.4 is 5.73 Å². The van der Waals surface area contributed by atoms with E-state index in [1.807, 2.05) is 0 Å². The molecule has 3 rings (SSSR count). The zero-order chi connectivity index (χ0) is 13.4. The maximum absolute atomic E-state index is 12.9. The highest BCUT2D eigenvalue weighted by molar-refractivity contribution is 5.81. The van der Waals surface area contributed by atoms with E-state index in [-0.39, 0.29) is 12.0 Å². The van der Waals surface area contributed by atoms with Crippen LogP contribution in [0.25, 0.3) is 0 Å². The van der Waals surface area contributed by atoms with Crippen molar-refractivity contribution in [3.8, 4) is 0 Å². The fraction of sp³-hybridized carbons (Fsp3) is 0.938. The minimum Gasteiger partial charge on any atom is -0.340 e. The number of hydrogen-bond acceptors (Lipinski definition) is 2. The van der Waals surface area contributed by atoms with E-state index >= 15 is 0 Å². The van der Waals surface area contributed by atoms with E-state index in [9.17, 15) is 4.79 Å². The van der Waals surface area contributed by atoms with Crippen molar-refractivity contribution < 1.29 is 4.79 Å². The van der Waals surface area contributed by atoms with Gasteiger partial charge in [0.25, 0.3) is 0 Å². The molecule has 4 unspecified atom stereocenters. The lowest BCUT2D eigenvalue weighted by molar-refractivity contribution is -0.140. The Bertz CT molecular complexity index is 336. The van der Waals surface area contributed by atoms with E-state index in [0.717, 1.165) is 6.54 Å². The largest absolute Gasteiger partial charge is 0.340 e. The first-order valence-corrected chi connectivity index (χ1v) is 8.28. The van der Waals surface area contributed by atoms with Crippen LogP contribution in [-0.4, -0.2) is 29.4 Å². The van der Waals surface area contributed by atoms with E-state index < -0.39 is 0 Å². The molecule has 108 valence electrons. The summed E-state index contributed by atoms with van der Waals surface area (Å²) in [6, 6.07) is 0.640. The van der Waals surface area contributed by atoms with Crippen molar-refractivity contribution in [2.45, 2.75) is 70.4 Å². The summed E-state index contributed by atoms with van der Waals surface area (Å²) in [4.78, 5) is 15.1. The Balaban J connectivity index is 1.70. The van der Waals surface area contributed by atoms with Crippen LogP contribution >= 0.6 is 0 Å². The molecule has 3 nitrogen and oxygen atoms in total. The van der Waals surface area contributed by atoms with Gasteiger partial charge in [0.15, 0.2) is 0 Å². The molecule has 3 fully saturated rings. The van der Waals surface area contributed by atoms with Crippen LogP contribution in [0.1, 0.15) is 58.3 Å². The molecule has 0 spiro atoms. The van der Waals surface area contributed by atoms with Gasteiger partial charge >= 0.3 is 0 Å². The summed E-state index contributed by atoms with van der Waals surface area (Å²) >= 11 is 0. The fourth-order valence-corrected chi connectivity index (χ4v) is 4.88. The summed E-state index contributed by atoms with van der Waals surface area (Å²) in [6.07, 6.45) is 10.0. The van der Waals surface area contributed by atoms with Crippen molar-refractivity contribution in [2.75, 3.05) is 6.54 Å². The number of nitrogens with zero attached hydrogens (tertiary/aromatic N) is 1. The first kappa shape index (κ1) is 13.4. The zero-order valence-electron chi connectivity index (χ0n) is 12.2. The van der Waals surface area contributed by atoms with Crippen molar-refractivity contribution >= 4 is 5.91 Å². The zero-order valence-corrected chi connectivity index (χ0v) is 12.2. The highest BCUT2D eigenvalue weighted by Gasteiger charge is 2.50. The molecule has 0 saturated heterocycles. The van der Waals surface area contributed by atoms with Crippen LogP contribution in [0.4, 0.5) is 0 Å². The van der Waals surface area contributed by atoms with Gasteiger partial charge in [0.2, 0.25) is 5.91 Å². The van der Waals surface area contributed by atoms with E-state index in [4.69, 9.17) is 5.73 Å². The molecule has 0 aromatic rings. The molecule has 0 aliphatic heterocycles. The van der Waals surface area contributed by atoms with Crippen LogP contribution in [-0.2, 0) is 4.79 Å². The highest BCUT2D eigenvalue weighted by atomic mass is 16.2. The minimum atomic E-state index is 0.139. The van der Waals surface area contributed by atoms with E-state index in [2.05, 4.69) is 11.8 Å². The van der Waals surface area contributed by atoms with E-state index in [0.29, 0.717) is 23.8 Å². The van der Waals surface area contributed by atoms with Gasteiger partial charge in [0, 0.05) is 18.6 Å². The van der Waals surface area contributed by atoms with Crippen LogP contribution in [0.15, 0.2) is 0 Å². The summed E-state index contributed by atoms with van der Waals surface area (Å²) in [6.45, 7) is 3.00. The molecule has 0 heterocycles. The van der Waals surface area contributed by atoms with Crippen LogP contribution in [0.5, 0.6) is 0 Å². The normalized spacial score (nSPS) is 38.6. The topological polar surface area (TPSA) is 46.3 Å². The molecular formula is C16H28N2O. The minimum absolute atomic E-state index is 0.139. The maximum Gasteiger partial charge on any atom is 0.227 e. The van der Waals surface area contributed by atoms with Gasteiger partial charge in [-0.3, -0.25) is 4.79 Å². The van der Waals surface area contributed by atoms with Gasteiger partial charge in [-0.2, -0.15) is 0 Å². The van der Waals surface area contributed by atoms with E-state index in [1.165, 1.54) is 51.4 Å². The number of amides is 1. The van der Waals surface area contributed by atoms with Crippen LogP contribution in [0.3, 0.4) is 0 Å². The molecule has 3 heteroatoms. The van der Waals surface area contributed by atoms with Crippen molar-refractivity contribution in [3.63, 3.8) is 0 Å². The number of nitrogens with two attached hydrogens (primary N) is 1. The predicted molar refractivity (Wildman–Crippen MR) is 76.6 cm³/mol. The summed E-state index contributed by atoms with van der Waals surface area (Å²) < 4.78 is 0. The lowest BCUT2D eigenvalue weighted by Gasteiger charge is -2.38. The summed E-state index contributed by atoms with van der Waals surface area (Å²) in [5, 5.41) is 0. The smallest absolute Gasteiger partial charge is 0.227 e. The number of hydrogen-bond donors (Lipinski definition) is 1. The maximum atomic E-state index is 12.9.